The minimum atomic E-state index is -0.988. The van der Waals surface area contributed by atoms with Crippen LogP contribution in [-0.4, -0.2) is 32.0 Å². The molecule has 0 aliphatic rings. The average Bonchev–Trinajstić information content (AvgIpc) is 3.27. The van der Waals surface area contributed by atoms with Crippen molar-refractivity contribution in [2.45, 2.75) is 6.92 Å². The summed E-state index contributed by atoms with van der Waals surface area (Å²) in [7, 11) is 1.75. The summed E-state index contributed by atoms with van der Waals surface area (Å²) in [5.74, 6) is -0.136. The Kier molecular flexibility index (Phi) is 5.46. The predicted octanol–water partition coefficient (Wildman–Crippen LogP) is 5.58. The number of aryl methyl sites for hydroxylation is 1. The van der Waals surface area contributed by atoms with Crippen molar-refractivity contribution in [1.29, 1.82) is 0 Å². The summed E-state index contributed by atoms with van der Waals surface area (Å²) in [4.78, 5) is 20.0. The number of imidazole rings is 1. The molecule has 3 aromatic heterocycles. The quantitative estimate of drug-likeness (QED) is 0.305. The fourth-order valence-corrected chi connectivity index (χ4v) is 3.46. The van der Waals surface area contributed by atoms with E-state index in [-0.39, 0.29) is 5.52 Å². The summed E-state index contributed by atoms with van der Waals surface area (Å²) in [5.41, 5.74) is 3.25. The third-order valence-electron chi connectivity index (χ3n) is 5.12. The van der Waals surface area contributed by atoms with Gasteiger partial charge in [-0.2, -0.15) is 0 Å². The van der Waals surface area contributed by atoms with E-state index >= 15 is 0 Å². The third kappa shape index (κ3) is 4.08. The molecule has 34 heavy (non-hydrogen) atoms. The number of benzene rings is 2. The van der Waals surface area contributed by atoms with Crippen LogP contribution in [0, 0.1) is 18.6 Å². The molecule has 0 saturated heterocycles. The molecule has 0 bridgehead atoms. The van der Waals surface area contributed by atoms with Crippen LogP contribution in [0.3, 0.4) is 0 Å². The van der Waals surface area contributed by atoms with E-state index in [4.69, 9.17) is 4.74 Å². The Balaban J connectivity index is 1.40. The van der Waals surface area contributed by atoms with E-state index in [2.05, 4.69) is 35.6 Å². The molecule has 0 fully saturated rings. The van der Waals surface area contributed by atoms with Crippen molar-refractivity contribution < 1.29 is 13.5 Å². The molecule has 8 nitrogen and oxygen atoms in total. The molecule has 0 amide bonds. The third-order valence-corrected chi connectivity index (χ3v) is 5.12. The van der Waals surface area contributed by atoms with Crippen LogP contribution in [0.4, 0.5) is 26.4 Å². The van der Waals surface area contributed by atoms with E-state index in [1.54, 1.807) is 37.6 Å². The largest absolute Gasteiger partial charge is 0.438 e. The van der Waals surface area contributed by atoms with Gasteiger partial charge in [-0.25, -0.2) is 28.7 Å². The molecule has 0 spiro atoms. The van der Waals surface area contributed by atoms with Gasteiger partial charge in [-0.1, -0.05) is 0 Å². The summed E-state index contributed by atoms with van der Waals surface area (Å²) in [6, 6.07) is 13.4. The number of halogens is 2. The van der Waals surface area contributed by atoms with Crippen LogP contribution in [-0.2, 0) is 0 Å². The fourth-order valence-electron chi connectivity index (χ4n) is 3.46. The number of H-pyrrole nitrogens is 1. The lowest BCUT2D eigenvalue weighted by Crippen LogP contribution is -1.99. The number of hydrogen-bond acceptors (Lipinski definition) is 7. The number of nitrogens with one attached hydrogen (secondary N) is 3. The summed E-state index contributed by atoms with van der Waals surface area (Å²) in [5, 5.41) is 5.99. The Morgan fingerprint density at radius 3 is 2.68 bits per heavy atom. The molecule has 3 N–H and O–H groups in total. The second-order valence-electron chi connectivity index (χ2n) is 7.42. The number of fused-ring (bicyclic) bond motifs is 1. The van der Waals surface area contributed by atoms with Crippen LogP contribution in [0.25, 0.3) is 22.3 Å². The van der Waals surface area contributed by atoms with E-state index in [0.717, 1.165) is 17.2 Å². The van der Waals surface area contributed by atoms with Crippen molar-refractivity contribution >= 4 is 28.6 Å². The number of pyridine rings is 1. The normalized spacial score (nSPS) is 10.9. The van der Waals surface area contributed by atoms with Gasteiger partial charge in [-0.05, 0) is 61.0 Å². The summed E-state index contributed by atoms with van der Waals surface area (Å²) >= 11 is 0. The van der Waals surface area contributed by atoms with Gasteiger partial charge in [0.25, 0.3) is 0 Å². The number of aromatic amines is 1. The molecule has 3 heterocycles. The van der Waals surface area contributed by atoms with Crippen molar-refractivity contribution in [1.82, 2.24) is 24.9 Å². The molecule has 10 heteroatoms. The highest BCUT2D eigenvalue weighted by Gasteiger charge is 2.14. The van der Waals surface area contributed by atoms with Gasteiger partial charge in [0.1, 0.15) is 11.3 Å². The van der Waals surface area contributed by atoms with Crippen LogP contribution in [0.1, 0.15) is 5.56 Å². The topological polar surface area (TPSA) is 101 Å². The van der Waals surface area contributed by atoms with Crippen LogP contribution >= 0.6 is 0 Å². The molecule has 0 aliphatic heterocycles. The summed E-state index contributed by atoms with van der Waals surface area (Å²) < 4.78 is 33.5. The minimum Gasteiger partial charge on any atom is -0.438 e. The zero-order valence-corrected chi connectivity index (χ0v) is 18.2. The molecule has 0 radical (unpaired) electrons. The zero-order chi connectivity index (χ0) is 23.7. The summed E-state index contributed by atoms with van der Waals surface area (Å²) in [6.45, 7) is 1.89. The smallest absolute Gasteiger partial charge is 0.228 e. The van der Waals surface area contributed by atoms with Gasteiger partial charge in [-0.3, -0.25) is 0 Å². The number of anilines is 3. The second-order valence-corrected chi connectivity index (χ2v) is 7.42. The van der Waals surface area contributed by atoms with Gasteiger partial charge in [0.15, 0.2) is 11.6 Å². The van der Waals surface area contributed by atoms with Gasteiger partial charge in [-0.15, -0.1) is 0 Å². The van der Waals surface area contributed by atoms with Gasteiger partial charge >= 0.3 is 0 Å². The molecule has 0 atom stereocenters. The van der Waals surface area contributed by atoms with Crippen molar-refractivity contribution in [2.24, 2.45) is 0 Å². The van der Waals surface area contributed by atoms with Crippen LogP contribution in [0.15, 0.2) is 60.9 Å². The first-order chi connectivity index (χ1) is 16.5. The van der Waals surface area contributed by atoms with Crippen LogP contribution in [0.5, 0.6) is 11.6 Å². The average molecular weight is 459 g/mol. The Hall–Kier alpha value is -4.60. The molecular weight excluding hydrogens is 440 g/mol. The highest BCUT2D eigenvalue weighted by molar-refractivity contribution is 5.79. The van der Waals surface area contributed by atoms with E-state index in [1.165, 1.54) is 6.07 Å². The molecular formula is C24H19F2N7O. The van der Waals surface area contributed by atoms with Crippen LogP contribution in [0.2, 0.25) is 0 Å². The highest BCUT2D eigenvalue weighted by atomic mass is 19.2. The Labute approximate surface area is 193 Å². The number of rotatable bonds is 6. The van der Waals surface area contributed by atoms with Gasteiger partial charge in [0.2, 0.25) is 17.8 Å². The maximum Gasteiger partial charge on any atom is 0.228 e. The molecule has 2 aromatic carbocycles. The number of ether oxygens (including phenoxy) is 1. The predicted molar refractivity (Wildman–Crippen MR) is 125 cm³/mol. The fraction of sp³-hybridized carbons (Fsp3) is 0.0833. The lowest BCUT2D eigenvalue weighted by molar-refractivity contribution is 0.461. The van der Waals surface area contributed by atoms with Crippen molar-refractivity contribution in [3.05, 3.63) is 78.1 Å². The zero-order valence-electron chi connectivity index (χ0n) is 18.2. The maximum atomic E-state index is 14.0. The monoisotopic (exact) mass is 459 g/mol. The molecule has 0 unspecified atom stereocenters. The lowest BCUT2D eigenvalue weighted by atomic mass is 10.2. The summed E-state index contributed by atoms with van der Waals surface area (Å²) in [6.07, 6.45) is 3.31. The standard InChI is InChI=1S/C24H19F2N7O/c1-13-12-14(30-24-32-18-7-6-16(25)20(26)21(18)33-24)5-8-19(13)34-22-15(4-3-10-28-22)17-9-11-29-23(27-2)31-17/h3-12H,1-2H3,(H,27,29,31)(H2,30,32,33). The molecule has 170 valence electrons. The van der Waals surface area contributed by atoms with Gasteiger partial charge in [0, 0.05) is 25.1 Å². The molecule has 0 aliphatic carbocycles. The maximum absolute atomic E-state index is 14.0. The minimum absolute atomic E-state index is 0.0620. The lowest BCUT2D eigenvalue weighted by Gasteiger charge is -2.13. The molecule has 5 aromatic rings. The number of hydrogen-bond donors (Lipinski definition) is 3. The van der Waals surface area contributed by atoms with Crippen LogP contribution < -0.4 is 15.4 Å². The Morgan fingerprint density at radius 1 is 0.971 bits per heavy atom. The first kappa shape index (κ1) is 21.3. The van der Waals surface area contributed by atoms with E-state index in [0.29, 0.717) is 40.4 Å². The molecule has 5 rings (SSSR count). The van der Waals surface area contributed by atoms with Gasteiger partial charge in [0.05, 0.1) is 16.8 Å². The number of nitrogens with zero attached hydrogens (tertiary/aromatic N) is 4. The van der Waals surface area contributed by atoms with Crippen molar-refractivity contribution in [3.63, 3.8) is 0 Å². The molecule has 0 saturated carbocycles. The first-order valence-corrected chi connectivity index (χ1v) is 10.4. The van der Waals surface area contributed by atoms with Crippen molar-refractivity contribution in [2.75, 3.05) is 17.7 Å². The Bertz CT molecular complexity index is 1500. The van der Waals surface area contributed by atoms with E-state index < -0.39 is 11.6 Å². The Morgan fingerprint density at radius 2 is 1.85 bits per heavy atom. The number of aromatic nitrogens is 5. The SMILES string of the molecule is CNc1nccc(-c2cccnc2Oc2ccc(Nc3nc4c(F)c(F)ccc4[nH]3)cc2C)n1. The van der Waals surface area contributed by atoms with E-state index in [1.807, 2.05) is 25.1 Å². The highest BCUT2D eigenvalue weighted by Crippen LogP contribution is 2.33. The second kappa shape index (κ2) is 8.74. The van der Waals surface area contributed by atoms with Gasteiger partial charge < -0.3 is 20.4 Å². The first-order valence-electron chi connectivity index (χ1n) is 10.4. The van der Waals surface area contributed by atoms with Crippen molar-refractivity contribution in [3.8, 4) is 22.9 Å². The van der Waals surface area contributed by atoms with E-state index in [9.17, 15) is 8.78 Å².